The summed E-state index contributed by atoms with van der Waals surface area (Å²) in [4.78, 5) is 0. The molecule has 0 amide bonds. The second-order valence-corrected chi connectivity index (χ2v) is 19.9. The van der Waals surface area contributed by atoms with Crippen LogP contribution in [-0.2, 0) is 71.1 Å². The molecule has 454 valence electrons. The molecule has 0 aromatic carbocycles. The maximum absolute atomic E-state index is 11.4. The molecule has 14 aliphatic heterocycles. The van der Waals surface area contributed by atoms with Crippen molar-refractivity contribution in [3.8, 4) is 0 Å². The van der Waals surface area contributed by atoms with Crippen LogP contribution in [0.25, 0.3) is 0 Å². The molecule has 14 bridgehead atoms. The minimum absolute atomic E-state index is 1.01. The molecule has 0 aromatic heterocycles. The van der Waals surface area contributed by atoms with Crippen molar-refractivity contribution in [1.29, 1.82) is 0 Å². The highest BCUT2D eigenvalue weighted by Gasteiger charge is 2.59. The van der Waals surface area contributed by atoms with Gasteiger partial charge in [-0.15, -0.1) is 0 Å². The van der Waals surface area contributed by atoms with E-state index in [0.29, 0.717) is 0 Å². The van der Waals surface area contributed by atoms with E-state index < -0.39 is 261 Å². The highest BCUT2D eigenvalue weighted by molar-refractivity contribution is 5.01. The first-order valence-electron chi connectivity index (χ1n) is 25.1. The van der Waals surface area contributed by atoms with Crippen LogP contribution in [0.5, 0.6) is 0 Å². The van der Waals surface area contributed by atoms with Crippen molar-refractivity contribution in [1.82, 2.24) is 0 Å². The Morgan fingerprint density at radius 2 is 0.385 bits per heavy atom. The molecule has 0 aliphatic carbocycles. The van der Waals surface area contributed by atoms with Crippen molar-refractivity contribution in [2.45, 2.75) is 222 Å². The molecular weight excluding hydrogens is 1080 g/mol. The van der Waals surface area contributed by atoms with E-state index in [4.69, 9.17) is 71.1 Å². The zero-order chi connectivity index (χ0) is 56.8. The van der Waals surface area contributed by atoms with Gasteiger partial charge in [0.05, 0.1) is 52.4 Å². The van der Waals surface area contributed by atoms with Crippen molar-refractivity contribution >= 4 is 0 Å². The van der Waals surface area contributed by atoms with Crippen LogP contribution in [0, 0.1) is 0 Å². The fraction of sp³-hybridized carbons (Fsp3) is 1.00. The molecule has 0 radical (unpaired) electrons. The lowest BCUT2D eigenvalue weighted by atomic mass is 9.95. The summed E-state index contributed by atoms with van der Waals surface area (Å²) in [6.45, 7) is -7.94. The van der Waals surface area contributed by atoms with Crippen LogP contribution >= 0.6 is 0 Å². The number of fused-ring (bicyclic) bond motifs is 6. The Balaban J connectivity index is 1.08. The minimum atomic E-state index is -2.20. The Kier molecular flexibility index (Phi) is 21.4. The molecule has 22 unspecified atom stereocenters. The highest BCUT2D eigenvalue weighted by Crippen LogP contribution is 2.38. The van der Waals surface area contributed by atoms with E-state index in [2.05, 4.69) is 0 Å². The molecule has 14 heterocycles. The first-order valence-corrected chi connectivity index (χ1v) is 25.1. The molecular formula is C43H72O35. The van der Waals surface area contributed by atoms with Crippen LogP contribution < -0.4 is 0 Å². The highest BCUT2D eigenvalue weighted by atomic mass is 16.9. The fourth-order valence-electron chi connectivity index (χ4n) is 10.4. The normalized spacial score (nSPS) is 55.0. The molecule has 0 aromatic rings. The summed E-state index contributed by atoms with van der Waals surface area (Å²) >= 11 is 0. The summed E-state index contributed by atoms with van der Waals surface area (Å²) < 4.78 is 85.9. The van der Waals surface area contributed by atoms with Gasteiger partial charge >= 0.3 is 0 Å². The topological polar surface area (TPSA) is 543 Å². The Bertz CT molecular complexity index is 1840. The van der Waals surface area contributed by atoms with Crippen LogP contribution in [0.3, 0.4) is 0 Å². The maximum atomic E-state index is 11.4. The molecule has 35 nitrogen and oxygen atoms in total. The van der Waals surface area contributed by atoms with Crippen molar-refractivity contribution in [2.24, 2.45) is 0 Å². The van der Waals surface area contributed by atoms with Gasteiger partial charge in [0.1, 0.15) is 165 Å². The first kappa shape index (κ1) is 62.6. The van der Waals surface area contributed by atoms with E-state index in [9.17, 15) is 102 Å². The summed E-state index contributed by atoms with van der Waals surface area (Å²) in [7, 11) is 0. The molecule has 78 heavy (non-hydrogen) atoms. The van der Waals surface area contributed by atoms with Crippen molar-refractivity contribution in [3.63, 3.8) is 0 Å². The molecule has 14 aliphatic rings. The third-order valence-electron chi connectivity index (χ3n) is 14.9. The largest absolute Gasteiger partial charge is 0.394 e. The molecule has 14 saturated heterocycles. The van der Waals surface area contributed by atoms with E-state index in [0.717, 1.165) is 0 Å². The van der Waals surface area contributed by atoms with Gasteiger partial charge in [-0.25, -0.2) is 0 Å². The molecule has 0 spiro atoms. The lowest BCUT2D eigenvalue weighted by molar-refractivity contribution is -0.400. The monoisotopic (exact) mass is 1150 g/mol. The number of ether oxygens (including phenoxy) is 15. The minimum Gasteiger partial charge on any atom is -0.394 e. The SMILES string of the molecule is CC1OC2OC(CO)[C@@H](O[C@H]3OC(CO)[C@@H](O[C@H]4OC(CO)[C@@H](O[C@H]5OC(CO)[C@@H](O[C@H]6OC(CO)[C@@H](O[C@H]7OC(CO)[C@@H](O[C@H]8OC(CO)[C@@H](O2)C(O)C8O)C(O)C7O)C(O)C6O)C(O)C5O)C(O)C4O)C(O)C3O)C1O. The van der Waals surface area contributed by atoms with Crippen molar-refractivity contribution in [2.75, 3.05) is 46.2 Å². The van der Waals surface area contributed by atoms with E-state index in [1.165, 1.54) is 6.92 Å². The Hall–Kier alpha value is -1.40. The van der Waals surface area contributed by atoms with Crippen LogP contribution in [0.4, 0.5) is 0 Å². The smallest absolute Gasteiger partial charge is 0.272 e. The summed E-state index contributed by atoms with van der Waals surface area (Å²) in [5.41, 5.74) is 0. The van der Waals surface area contributed by atoms with Gasteiger partial charge in [-0.1, -0.05) is 0 Å². The Morgan fingerprint density at radius 1 is 0.205 bits per heavy atom. The number of aliphatic hydroxyl groups is 20. The van der Waals surface area contributed by atoms with Gasteiger partial charge in [-0.2, -0.15) is 0 Å². The zero-order valence-electron chi connectivity index (χ0n) is 41.2. The number of hydrogen-bond acceptors (Lipinski definition) is 35. The maximum Gasteiger partial charge on any atom is 0.272 e. The first-order chi connectivity index (χ1) is 37.1. The van der Waals surface area contributed by atoms with Gasteiger partial charge in [0.2, 0.25) is 0 Å². The van der Waals surface area contributed by atoms with E-state index in [1.54, 1.807) is 0 Å². The summed E-state index contributed by atoms with van der Waals surface area (Å²) in [5.74, 6) is 0. The van der Waals surface area contributed by atoms with E-state index >= 15 is 0 Å². The standard InChI is InChI=1S/C43H72O35/c1-9-17(51)30-16(8-50)71-43(64-9)78-36-15(7-49)70-42(29(63)23(36)57)77-35-14(6-48)69-41(28(62)22(35)56)76-34-13(5-47)68-40(27(61)21(34)55)75-33-12(4-46)67-39(26(60)20(33)54)74-32-11(3-45)66-38(25(59)19(32)53)73-31-10(2-44)65-37(72-30)24(58)18(31)52/h9-63H,2-8H2,1H3/t9?,10?,11?,12?,13?,14?,15?,16?,17?,18?,19?,20?,21?,22?,23?,24?,25?,26?,27?,28?,29?,30-,31-,32-,33-,34-,35-,36-,37-,38-,39-,40-,41-,42-,43?/m1/s1. The van der Waals surface area contributed by atoms with Gasteiger partial charge in [-0.05, 0) is 6.92 Å². The van der Waals surface area contributed by atoms with Gasteiger partial charge in [0, 0.05) is 0 Å². The molecule has 14 rings (SSSR count). The number of rotatable bonds is 7. The number of hydrogen-bond donors (Lipinski definition) is 20. The molecule has 0 saturated carbocycles. The van der Waals surface area contributed by atoms with E-state index in [-0.39, 0.29) is 0 Å². The van der Waals surface area contributed by atoms with Gasteiger partial charge in [-0.3, -0.25) is 0 Å². The van der Waals surface area contributed by atoms with Gasteiger partial charge < -0.3 is 173 Å². The van der Waals surface area contributed by atoms with E-state index in [1.807, 2.05) is 0 Å². The van der Waals surface area contributed by atoms with Crippen LogP contribution in [0.2, 0.25) is 0 Å². The predicted octanol–water partition coefficient (Wildman–Crippen LogP) is -14.2. The van der Waals surface area contributed by atoms with Crippen molar-refractivity contribution < 1.29 is 173 Å². The Morgan fingerprint density at radius 3 is 0.590 bits per heavy atom. The Labute approximate surface area is 441 Å². The lowest BCUT2D eigenvalue weighted by Gasteiger charge is -2.50. The average molecular weight is 1150 g/mol. The number of aliphatic hydroxyl groups excluding tert-OH is 20. The molecule has 35 atom stereocenters. The molecule has 14 fully saturated rings. The lowest BCUT2D eigenvalue weighted by Crippen LogP contribution is -2.68. The summed E-state index contributed by atoms with van der Waals surface area (Å²) in [5, 5.41) is 220. The van der Waals surface area contributed by atoms with Gasteiger partial charge in [0.15, 0.2) is 37.7 Å². The quantitative estimate of drug-likeness (QED) is 0.113. The average Bonchev–Trinajstić information content (AvgIpc) is 3.64. The van der Waals surface area contributed by atoms with Crippen molar-refractivity contribution in [3.05, 3.63) is 0 Å². The molecule has 20 N–H and O–H groups in total. The third kappa shape index (κ3) is 12.4. The predicted molar refractivity (Wildman–Crippen MR) is 233 cm³/mol. The third-order valence-corrected chi connectivity index (χ3v) is 14.9. The second kappa shape index (κ2) is 26.7. The zero-order valence-corrected chi connectivity index (χ0v) is 41.2. The van der Waals surface area contributed by atoms with Crippen LogP contribution in [0.15, 0.2) is 0 Å². The fourth-order valence-corrected chi connectivity index (χ4v) is 10.4. The second-order valence-electron chi connectivity index (χ2n) is 19.9. The molecule has 35 heteroatoms. The summed E-state index contributed by atoms with van der Waals surface area (Å²) in [6.07, 6.45) is -66.3. The van der Waals surface area contributed by atoms with Crippen LogP contribution in [0.1, 0.15) is 6.92 Å². The van der Waals surface area contributed by atoms with Crippen LogP contribution in [-0.4, -0.2) is 364 Å². The summed E-state index contributed by atoms with van der Waals surface area (Å²) in [6, 6.07) is 0. The van der Waals surface area contributed by atoms with Gasteiger partial charge in [0.25, 0.3) is 6.48 Å².